The van der Waals surface area contributed by atoms with Gasteiger partial charge in [-0.05, 0) is 29.7 Å². The Morgan fingerprint density at radius 3 is 1.88 bits per heavy atom. The minimum absolute atomic E-state index is 0.702. The van der Waals surface area contributed by atoms with Crippen LogP contribution in [0.3, 0.4) is 0 Å². The van der Waals surface area contributed by atoms with Gasteiger partial charge in [0.05, 0.1) is 6.61 Å². The number of carbonyl (C=O) groups is 1. The van der Waals surface area contributed by atoms with Crippen molar-refractivity contribution in [2.24, 2.45) is 0 Å². The fourth-order valence-electron chi connectivity index (χ4n) is 2.75. The molecule has 0 atom stereocenters. The topological polar surface area (TPSA) is 26.3 Å². The summed E-state index contributed by atoms with van der Waals surface area (Å²) in [5.74, 6) is 0.925. The second kappa shape index (κ2) is 10.6. The molecule has 128 valence electrons. The van der Waals surface area contributed by atoms with Crippen molar-refractivity contribution in [3.8, 4) is 16.9 Å². The summed E-state index contributed by atoms with van der Waals surface area (Å²) < 4.78 is 5.81. The maximum absolute atomic E-state index is 10.7. The van der Waals surface area contributed by atoms with Crippen molar-refractivity contribution in [1.29, 1.82) is 0 Å². The monoisotopic (exact) mass is 324 g/mol. The Balaban J connectivity index is 1.71. The molecule has 0 saturated heterocycles. The molecule has 0 saturated carbocycles. The Morgan fingerprint density at radius 2 is 1.29 bits per heavy atom. The zero-order chi connectivity index (χ0) is 17.0. The molecule has 0 N–H and O–H groups in total. The lowest BCUT2D eigenvalue weighted by Gasteiger charge is -2.08. The first-order chi connectivity index (χ1) is 11.8. The second-order valence-corrected chi connectivity index (χ2v) is 6.23. The van der Waals surface area contributed by atoms with E-state index < -0.39 is 0 Å². The highest BCUT2D eigenvalue weighted by atomic mass is 16.5. The van der Waals surface area contributed by atoms with Crippen LogP contribution in [-0.2, 0) is 0 Å². The summed E-state index contributed by atoms with van der Waals surface area (Å²) in [5, 5.41) is 0. The average molecular weight is 324 g/mol. The van der Waals surface area contributed by atoms with E-state index in [4.69, 9.17) is 4.74 Å². The predicted molar refractivity (Wildman–Crippen MR) is 101 cm³/mol. The summed E-state index contributed by atoms with van der Waals surface area (Å²) in [4.78, 5) is 10.7. The van der Waals surface area contributed by atoms with Crippen molar-refractivity contribution in [3.63, 3.8) is 0 Å². The quantitative estimate of drug-likeness (QED) is 0.358. The van der Waals surface area contributed by atoms with Gasteiger partial charge in [-0.3, -0.25) is 4.79 Å². The van der Waals surface area contributed by atoms with Crippen LogP contribution in [0.25, 0.3) is 11.1 Å². The van der Waals surface area contributed by atoms with E-state index in [9.17, 15) is 4.79 Å². The number of carbonyl (C=O) groups excluding carboxylic acids is 1. The molecule has 0 aliphatic carbocycles. The number of hydrogen-bond acceptors (Lipinski definition) is 2. The molecular formula is C22H28O2. The highest BCUT2D eigenvalue weighted by Gasteiger charge is 2.00. The third-order valence-electron chi connectivity index (χ3n) is 4.25. The van der Waals surface area contributed by atoms with Crippen LogP contribution in [0.15, 0.2) is 48.5 Å². The van der Waals surface area contributed by atoms with Crippen LogP contribution in [0.5, 0.6) is 5.75 Å². The first-order valence-corrected chi connectivity index (χ1v) is 9.12. The molecule has 2 nitrogen and oxygen atoms in total. The zero-order valence-corrected chi connectivity index (χ0v) is 14.7. The number of ether oxygens (including phenoxy) is 1. The molecular weight excluding hydrogens is 296 g/mol. The normalized spacial score (nSPS) is 10.5. The van der Waals surface area contributed by atoms with E-state index in [1.807, 2.05) is 36.4 Å². The smallest absolute Gasteiger partial charge is 0.150 e. The van der Waals surface area contributed by atoms with Crippen LogP contribution >= 0.6 is 0 Å². The summed E-state index contributed by atoms with van der Waals surface area (Å²) in [5.41, 5.74) is 2.95. The van der Waals surface area contributed by atoms with E-state index in [2.05, 4.69) is 19.1 Å². The molecule has 0 aromatic heterocycles. The summed E-state index contributed by atoms with van der Waals surface area (Å²) in [7, 11) is 0. The summed E-state index contributed by atoms with van der Waals surface area (Å²) in [6, 6.07) is 15.8. The van der Waals surface area contributed by atoms with Gasteiger partial charge in [-0.25, -0.2) is 0 Å². The Morgan fingerprint density at radius 1 is 0.750 bits per heavy atom. The van der Waals surface area contributed by atoms with Crippen molar-refractivity contribution in [2.75, 3.05) is 6.61 Å². The average Bonchev–Trinajstić information content (AvgIpc) is 2.64. The lowest BCUT2D eigenvalue weighted by Crippen LogP contribution is -1.97. The molecule has 0 amide bonds. The van der Waals surface area contributed by atoms with Gasteiger partial charge in [0, 0.05) is 5.56 Å². The van der Waals surface area contributed by atoms with E-state index in [-0.39, 0.29) is 0 Å². The molecule has 0 fully saturated rings. The highest BCUT2D eigenvalue weighted by molar-refractivity contribution is 5.76. The van der Waals surface area contributed by atoms with Crippen molar-refractivity contribution < 1.29 is 9.53 Å². The Hall–Kier alpha value is -2.09. The Kier molecular flexibility index (Phi) is 8.09. The Labute approximate surface area is 145 Å². The third kappa shape index (κ3) is 6.19. The summed E-state index contributed by atoms with van der Waals surface area (Å²) in [6.07, 6.45) is 9.95. The van der Waals surface area contributed by atoms with E-state index in [0.29, 0.717) is 5.56 Å². The molecule has 0 heterocycles. The SMILES string of the molecule is CCCCCCCCCOc1ccc(-c2ccc(C=O)cc2)cc1. The van der Waals surface area contributed by atoms with Gasteiger partial charge in [0.15, 0.2) is 0 Å². The Bertz CT molecular complexity index is 584. The molecule has 24 heavy (non-hydrogen) atoms. The van der Waals surface area contributed by atoms with E-state index >= 15 is 0 Å². The number of rotatable bonds is 11. The van der Waals surface area contributed by atoms with Gasteiger partial charge in [0.25, 0.3) is 0 Å². The molecule has 0 unspecified atom stereocenters. The van der Waals surface area contributed by atoms with Crippen molar-refractivity contribution in [3.05, 3.63) is 54.1 Å². The molecule has 0 bridgehead atoms. The minimum Gasteiger partial charge on any atom is -0.494 e. The third-order valence-corrected chi connectivity index (χ3v) is 4.25. The standard InChI is InChI=1S/C22H28O2/c1-2-3-4-5-6-7-8-17-24-22-15-13-21(14-16-22)20-11-9-19(18-23)10-12-20/h9-16,18H,2-8,17H2,1H3. The lowest BCUT2D eigenvalue weighted by molar-refractivity contribution is 0.112. The van der Waals surface area contributed by atoms with Crippen LogP contribution in [0, 0.1) is 0 Å². The van der Waals surface area contributed by atoms with E-state index in [1.165, 1.54) is 38.5 Å². The molecule has 0 aliphatic rings. The molecule has 2 heteroatoms. The predicted octanol–water partition coefficient (Wildman–Crippen LogP) is 6.30. The van der Waals surface area contributed by atoms with Crippen molar-refractivity contribution in [1.82, 2.24) is 0 Å². The van der Waals surface area contributed by atoms with Crippen LogP contribution in [0.1, 0.15) is 62.2 Å². The molecule has 0 spiro atoms. The molecule has 2 aromatic rings. The zero-order valence-electron chi connectivity index (χ0n) is 14.7. The van der Waals surface area contributed by atoms with Gasteiger partial charge >= 0.3 is 0 Å². The largest absolute Gasteiger partial charge is 0.494 e. The number of benzene rings is 2. The fraction of sp³-hybridized carbons (Fsp3) is 0.409. The van der Waals surface area contributed by atoms with Gasteiger partial charge in [-0.15, -0.1) is 0 Å². The van der Waals surface area contributed by atoms with Gasteiger partial charge < -0.3 is 4.74 Å². The fourth-order valence-corrected chi connectivity index (χ4v) is 2.75. The minimum atomic E-state index is 0.702. The van der Waals surface area contributed by atoms with Crippen LogP contribution in [0.4, 0.5) is 0 Å². The van der Waals surface area contributed by atoms with Crippen LogP contribution in [0.2, 0.25) is 0 Å². The second-order valence-electron chi connectivity index (χ2n) is 6.23. The first kappa shape index (κ1) is 18.3. The van der Waals surface area contributed by atoms with Crippen LogP contribution in [-0.4, -0.2) is 12.9 Å². The molecule has 2 rings (SSSR count). The molecule has 0 aliphatic heterocycles. The van der Waals surface area contributed by atoms with Gasteiger partial charge in [-0.1, -0.05) is 81.8 Å². The molecule has 2 aromatic carbocycles. The first-order valence-electron chi connectivity index (χ1n) is 9.12. The maximum atomic E-state index is 10.7. The maximum Gasteiger partial charge on any atom is 0.150 e. The molecule has 0 radical (unpaired) electrons. The van der Waals surface area contributed by atoms with Gasteiger partial charge in [-0.2, -0.15) is 0 Å². The number of hydrogen-bond donors (Lipinski definition) is 0. The van der Waals surface area contributed by atoms with Crippen molar-refractivity contribution >= 4 is 6.29 Å². The van der Waals surface area contributed by atoms with Gasteiger partial charge in [0.1, 0.15) is 12.0 Å². The number of aldehydes is 1. The lowest BCUT2D eigenvalue weighted by atomic mass is 10.0. The van der Waals surface area contributed by atoms with Gasteiger partial charge in [0.2, 0.25) is 0 Å². The highest BCUT2D eigenvalue weighted by Crippen LogP contribution is 2.22. The van der Waals surface area contributed by atoms with Crippen molar-refractivity contribution in [2.45, 2.75) is 51.9 Å². The van der Waals surface area contributed by atoms with Crippen LogP contribution < -0.4 is 4.74 Å². The van der Waals surface area contributed by atoms with E-state index in [1.54, 1.807) is 0 Å². The van der Waals surface area contributed by atoms with E-state index in [0.717, 1.165) is 36.2 Å². The summed E-state index contributed by atoms with van der Waals surface area (Å²) in [6.45, 7) is 3.04. The summed E-state index contributed by atoms with van der Waals surface area (Å²) >= 11 is 0. The number of unbranched alkanes of at least 4 members (excludes halogenated alkanes) is 6.